The Morgan fingerprint density at radius 3 is 2.07 bits per heavy atom. The van der Waals surface area contributed by atoms with E-state index in [2.05, 4.69) is 0 Å². The molecule has 4 heteroatoms. The molecular formula is C11H16F2NO+. The van der Waals surface area contributed by atoms with Crippen molar-refractivity contribution < 1.29 is 18.0 Å². The van der Waals surface area contributed by atoms with E-state index < -0.39 is 11.6 Å². The SMILES string of the molecule is C[N+](C)(C)CCOc1cc(F)cc(F)c1. The summed E-state index contributed by atoms with van der Waals surface area (Å²) in [5.74, 6) is -0.994. The molecule has 0 saturated heterocycles. The van der Waals surface area contributed by atoms with Crippen molar-refractivity contribution >= 4 is 0 Å². The molecule has 0 amide bonds. The van der Waals surface area contributed by atoms with E-state index in [0.29, 0.717) is 6.61 Å². The van der Waals surface area contributed by atoms with Crippen molar-refractivity contribution in [1.82, 2.24) is 0 Å². The molecule has 0 N–H and O–H groups in total. The Kier molecular flexibility index (Phi) is 3.63. The number of hydrogen-bond donors (Lipinski definition) is 0. The first-order valence-corrected chi connectivity index (χ1v) is 4.76. The molecule has 0 unspecified atom stereocenters. The average Bonchev–Trinajstić information content (AvgIpc) is 1.99. The smallest absolute Gasteiger partial charge is 0.137 e. The molecular weight excluding hydrogens is 200 g/mol. The first-order valence-electron chi connectivity index (χ1n) is 4.76. The lowest BCUT2D eigenvalue weighted by Gasteiger charge is -2.23. The molecule has 0 heterocycles. The van der Waals surface area contributed by atoms with Crippen LogP contribution < -0.4 is 4.74 Å². The van der Waals surface area contributed by atoms with Gasteiger partial charge in [-0.05, 0) is 0 Å². The lowest BCUT2D eigenvalue weighted by Crippen LogP contribution is -2.38. The number of halogens is 2. The molecule has 0 aliphatic rings. The maximum atomic E-state index is 12.8. The minimum absolute atomic E-state index is 0.237. The molecule has 0 aliphatic heterocycles. The number of nitrogens with zero attached hydrogens (tertiary/aromatic N) is 1. The van der Waals surface area contributed by atoms with E-state index in [1.165, 1.54) is 12.1 Å². The summed E-state index contributed by atoms with van der Waals surface area (Å²) >= 11 is 0. The summed E-state index contributed by atoms with van der Waals surface area (Å²) in [6.45, 7) is 1.21. The van der Waals surface area contributed by atoms with Gasteiger partial charge >= 0.3 is 0 Å². The Balaban J connectivity index is 2.51. The molecule has 0 spiro atoms. The summed E-state index contributed by atoms with van der Waals surface area (Å²) in [4.78, 5) is 0. The number of quaternary nitrogens is 1. The third-order valence-electron chi connectivity index (χ3n) is 1.87. The highest BCUT2D eigenvalue weighted by molar-refractivity contribution is 5.23. The quantitative estimate of drug-likeness (QED) is 0.700. The van der Waals surface area contributed by atoms with Crippen molar-refractivity contribution in [2.45, 2.75) is 0 Å². The Labute approximate surface area is 88.7 Å². The van der Waals surface area contributed by atoms with Gasteiger partial charge in [-0.3, -0.25) is 0 Å². The van der Waals surface area contributed by atoms with Crippen molar-refractivity contribution in [3.8, 4) is 5.75 Å². The van der Waals surface area contributed by atoms with Gasteiger partial charge < -0.3 is 9.22 Å². The summed E-state index contributed by atoms with van der Waals surface area (Å²) < 4.78 is 31.5. The van der Waals surface area contributed by atoms with Gasteiger partial charge in [0.2, 0.25) is 0 Å². The standard InChI is InChI=1S/C11H16F2NO/c1-14(2,3)4-5-15-11-7-9(12)6-10(13)8-11/h6-8H,4-5H2,1-3H3/q+1. The van der Waals surface area contributed by atoms with E-state index >= 15 is 0 Å². The second kappa shape index (κ2) is 4.57. The van der Waals surface area contributed by atoms with E-state index in [1.807, 2.05) is 21.1 Å². The van der Waals surface area contributed by atoms with E-state index in [1.54, 1.807) is 0 Å². The van der Waals surface area contributed by atoms with Crippen LogP contribution in [0.1, 0.15) is 0 Å². The Bertz CT molecular complexity index is 314. The number of rotatable bonds is 4. The maximum Gasteiger partial charge on any atom is 0.137 e. The highest BCUT2D eigenvalue weighted by Gasteiger charge is 2.07. The van der Waals surface area contributed by atoms with Gasteiger partial charge in [0.1, 0.15) is 30.5 Å². The summed E-state index contributed by atoms with van der Waals surface area (Å²) in [6.07, 6.45) is 0. The zero-order valence-electron chi connectivity index (χ0n) is 9.26. The van der Waals surface area contributed by atoms with Gasteiger partial charge in [0, 0.05) is 18.2 Å². The van der Waals surface area contributed by atoms with Gasteiger partial charge in [-0.2, -0.15) is 0 Å². The van der Waals surface area contributed by atoms with E-state index in [-0.39, 0.29) is 5.75 Å². The fourth-order valence-electron chi connectivity index (χ4n) is 1.05. The molecule has 0 radical (unpaired) electrons. The molecule has 0 atom stereocenters. The van der Waals surface area contributed by atoms with Crippen LogP contribution in [-0.4, -0.2) is 38.8 Å². The lowest BCUT2D eigenvalue weighted by molar-refractivity contribution is -0.870. The summed E-state index contributed by atoms with van der Waals surface area (Å²) in [5, 5.41) is 0. The Hall–Kier alpha value is -1.16. The van der Waals surface area contributed by atoms with Gasteiger partial charge in [-0.25, -0.2) is 8.78 Å². The number of benzene rings is 1. The second-order valence-electron chi connectivity index (χ2n) is 4.47. The molecule has 0 saturated carbocycles. The molecule has 0 fully saturated rings. The predicted octanol–water partition coefficient (Wildman–Crippen LogP) is 2.05. The van der Waals surface area contributed by atoms with Crippen LogP contribution in [0.15, 0.2) is 18.2 Å². The van der Waals surface area contributed by atoms with Crippen LogP contribution in [0, 0.1) is 11.6 Å². The fourth-order valence-corrected chi connectivity index (χ4v) is 1.05. The van der Waals surface area contributed by atoms with Gasteiger partial charge in [0.25, 0.3) is 0 Å². The fraction of sp³-hybridized carbons (Fsp3) is 0.455. The molecule has 1 aromatic rings. The van der Waals surface area contributed by atoms with Gasteiger partial charge in [-0.1, -0.05) is 0 Å². The van der Waals surface area contributed by atoms with Crippen molar-refractivity contribution in [1.29, 1.82) is 0 Å². The first-order chi connectivity index (χ1) is 6.87. The maximum absolute atomic E-state index is 12.8. The van der Waals surface area contributed by atoms with Crippen LogP contribution in [0.25, 0.3) is 0 Å². The molecule has 0 aromatic heterocycles. The lowest BCUT2D eigenvalue weighted by atomic mass is 10.3. The number of likely N-dealkylation sites (N-methyl/N-ethyl adjacent to an activating group) is 1. The number of ether oxygens (including phenoxy) is 1. The van der Waals surface area contributed by atoms with Crippen LogP contribution in [0.2, 0.25) is 0 Å². The topological polar surface area (TPSA) is 9.23 Å². The van der Waals surface area contributed by atoms with Crippen LogP contribution >= 0.6 is 0 Å². The summed E-state index contributed by atoms with van der Waals surface area (Å²) in [5.41, 5.74) is 0. The molecule has 15 heavy (non-hydrogen) atoms. The zero-order valence-corrected chi connectivity index (χ0v) is 9.26. The van der Waals surface area contributed by atoms with Crippen molar-refractivity contribution in [3.05, 3.63) is 29.8 Å². The first kappa shape index (κ1) is 11.9. The minimum atomic E-state index is -0.616. The van der Waals surface area contributed by atoms with Crippen LogP contribution in [-0.2, 0) is 0 Å². The van der Waals surface area contributed by atoms with Gasteiger partial charge in [-0.15, -0.1) is 0 Å². The van der Waals surface area contributed by atoms with Crippen LogP contribution in [0.3, 0.4) is 0 Å². The zero-order chi connectivity index (χ0) is 11.5. The highest BCUT2D eigenvalue weighted by Crippen LogP contribution is 2.15. The van der Waals surface area contributed by atoms with Crippen LogP contribution in [0.4, 0.5) is 8.78 Å². The second-order valence-corrected chi connectivity index (χ2v) is 4.47. The predicted molar refractivity (Wildman–Crippen MR) is 54.8 cm³/mol. The third kappa shape index (κ3) is 4.74. The molecule has 84 valence electrons. The van der Waals surface area contributed by atoms with E-state index in [4.69, 9.17) is 4.74 Å². The average molecular weight is 216 g/mol. The van der Waals surface area contributed by atoms with E-state index in [0.717, 1.165) is 17.1 Å². The summed E-state index contributed by atoms with van der Waals surface area (Å²) in [7, 11) is 6.07. The monoisotopic (exact) mass is 216 g/mol. The minimum Gasteiger partial charge on any atom is -0.488 e. The normalized spacial score (nSPS) is 11.5. The van der Waals surface area contributed by atoms with Crippen LogP contribution in [0.5, 0.6) is 5.75 Å². The summed E-state index contributed by atoms with van der Waals surface area (Å²) in [6, 6.07) is 3.18. The molecule has 0 aliphatic carbocycles. The van der Waals surface area contributed by atoms with Gasteiger partial charge in [0.05, 0.1) is 21.1 Å². The van der Waals surface area contributed by atoms with E-state index in [9.17, 15) is 8.78 Å². The Morgan fingerprint density at radius 2 is 1.60 bits per heavy atom. The van der Waals surface area contributed by atoms with Gasteiger partial charge in [0.15, 0.2) is 0 Å². The molecule has 1 rings (SSSR count). The van der Waals surface area contributed by atoms with Crippen molar-refractivity contribution in [2.24, 2.45) is 0 Å². The molecule has 1 aromatic carbocycles. The third-order valence-corrected chi connectivity index (χ3v) is 1.87. The van der Waals surface area contributed by atoms with Crippen molar-refractivity contribution in [2.75, 3.05) is 34.3 Å². The highest BCUT2D eigenvalue weighted by atomic mass is 19.1. The largest absolute Gasteiger partial charge is 0.488 e. The number of hydrogen-bond acceptors (Lipinski definition) is 1. The molecule has 2 nitrogen and oxygen atoms in total. The Morgan fingerprint density at radius 1 is 1.07 bits per heavy atom. The molecule has 0 bridgehead atoms. The van der Waals surface area contributed by atoms with Crippen molar-refractivity contribution in [3.63, 3.8) is 0 Å².